The number of aryl methyl sites for hydroxylation is 1. The van der Waals surface area contributed by atoms with Crippen LogP contribution in [0.25, 0.3) is 0 Å². The maximum atomic E-state index is 9.97. The minimum atomic E-state index is 0.367. The first kappa shape index (κ1) is 13.7. The molecule has 0 radical (unpaired) electrons. The number of rotatable bonds is 3. The third-order valence-corrected chi connectivity index (χ3v) is 4.59. The Labute approximate surface area is 128 Å². The second kappa shape index (κ2) is 5.58. The molecule has 2 nitrogen and oxygen atoms in total. The molecule has 1 aliphatic carbocycles. The highest BCUT2D eigenvalue weighted by Gasteiger charge is 2.25. The number of aromatic hydroxyl groups is 1. The molecule has 1 unspecified atom stereocenters. The number of phenolic OH excluding ortho intramolecular Hbond substituents is 1. The Bertz CT molecular complexity index is 626. The van der Waals surface area contributed by atoms with Crippen molar-refractivity contribution < 1.29 is 5.11 Å². The maximum Gasteiger partial charge on any atom is 0.120 e. The van der Waals surface area contributed by atoms with Crippen molar-refractivity contribution >= 4 is 15.9 Å². The molecule has 0 fully saturated rings. The van der Waals surface area contributed by atoms with Gasteiger partial charge in [-0.3, -0.25) is 4.90 Å². The molecule has 3 rings (SSSR count). The van der Waals surface area contributed by atoms with E-state index in [1.165, 1.54) is 11.1 Å². The molecule has 0 aromatic heterocycles. The zero-order valence-corrected chi connectivity index (χ0v) is 13.1. The van der Waals surface area contributed by atoms with Gasteiger partial charge in [0.25, 0.3) is 0 Å². The summed E-state index contributed by atoms with van der Waals surface area (Å²) < 4.78 is 1.01. The maximum absolute atomic E-state index is 9.97. The number of benzene rings is 2. The Hall–Kier alpha value is -1.32. The van der Waals surface area contributed by atoms with Crippen molar-refractivity contribution in [3.63, 3.8) is 0 Å². The molecule has 0 spiro atoms. The Morgan fingerprint density at radius 2 is 2.05 bits per heavy atom. The lowest BCUT2D eigenvalue weighted by atomic mass is 10.1. The highest BCUT2D eigenvalue weighted by atomic mass is 79.9. The van der Waals surface area contributed by atoms with Gasteiger partial charge in [-0.2, -0.15) is 0 Å². The third-order valence-electron chi connectivity index (χ3n) is 4.09. The highest BCUT2D eigenvalue weighted by Crippen LogP contribution is 2.36. The van der Waals surface area contributed by atoms with Crippen LogP contribution >= 0.6 is 15.9 Å². The monoisotopic (exact) mass is 331 g/mol. The molecule has 2 aromatic carbocycles. The lowest BCUT2D eigenvalue weighted by Gasteiger charge is -2.25. The Kier molecular flexibility index (Phi) is 3.81. The van der Waals surface area contributed by atoms with Gasteiger partial charge in [0, 0.05) is 22.6 Å². The lowest BCUT2D eigenvalue weighted by molar-refractivity contribution is 0.233. The number of fused-ring (bicyclic) bond motifs is 1. The van der Waals surface area contributed by atoms with Crippen LogP contribution in [-0.4, -0.2) is 17.1 Å². The van der Waals surface area contributed by atoms with E-state index in [1.54, 1.807) is 6.07 Å². The number of hydrogen-bond acceptors (Lipinski definition) is 2. The second-order valence-electron chi connectivity index (χ2n) is 5.44. The molecule has 1 aliphatic rings. The Morgan fingerprint density at radius 1 is 1.25 bits per heavy atom. The molecule has 3 heteroatoms. The molecule has 0 bridgehead atoms. The Morgan fingerprint density at radius 3 is 2.90 bits per heavy atom. The van der Waals surface area contributed by atoms with Crippen LogP contribution in [0.2, 0.25) is 0 Å². The molecule has 0 heterocycles. The SMILES string of the molecule is CN(Cc1cc(Br)ccc1O)C1CCc2ccccc21. The fraction of sp³-hybridized carbons (Fsp3) is 0.294. The topological polar surface area (TPSA) is 23.5 Å². The van der Waals surface area contributed by atoms with Gasteiger partial charge in [-0.05, 0) is 49.2 Å². The summed E-state index contributed by atoms with van der Waals surface area (Å²) in [4.78, 5) is 2.33. The van der Waals surface area contributed by atoms with Crippen LogP contribution in [0.15, 0.2) is 46.9 Å². The summed E-state index contributed by atoms with van der Waals surface area (Å²) in [5.41, 5.74) is 3.86. The molecular formula is C17H18BrNO. The van der Waals surface area contributed by atoms with Gasteiger partial charge in [0.15, 0.2) is 0 Å². The van der Waals surface area contributed by atoms with Crippen molar-refractivity contribution in [1.82, 2.24) is 4.90 Å². The smallest absolute Gasteiger partial charge is 0.120 e. The van der Waals surface area contributed by atoms with Crippen molar-refractivity contribution in [2.75, 3.05) is 7.05 Å². The standard InChI is InChI=1S/C17H18BrNO/c1-19(11-13-10-14(18)7-9-17(13)20)16-8-6-12-4-2-3-5-15(12)16/h2-5,7,9-10,16,20H,6,8,11H2,1H3. The van der Waals surface area contributed by atoms with Gasteiger partial charge < -0.3 is 5.11 Å². The van der Waals surface area contributed by atoms with E-state index in [1.807, 2.05) is 12.1 Å². The number of hydrogen-bond donors (Lipinski definition) is 1. The van der Waals surface area contributed by atoms with Crippen molar-refractivity contribution in [2.45, 2.75) is 25.4 Å². The van der Waals surface area contributed by atoms with Gasteiger partial charge in [-0.25, -0.2) is 0 Å². The van der Waals surface area contributed by atoms with Crippen LogP contribution in [0.4, 0.5) is 0 Å². The van der Waals surface area contributed by atoms with Gasteiger partial charge >= 0.3 is 0 Å². The van der Waals surface area contributed by atoms with Gasteiger partial charge in [0.1, 0.15) is 5.75 Å². The van der Waals surface area contributed by atoms with Gasteiger partial charge in [-0.15, -0.1) is 0 Å². The third kappa shape index (κ3) is 2.60. The normalized spacial score (nSPS) is 17.4. The summed E-state index contributed by atoms with van der Waals surface area (Å²) in [5, 5.41) is 9.97. The average molecular weight is 332 g/mol. The largest absolute Gasteiger partial charge is 0.508 e. The van der Waals surface area contributed by atoms with Gasteiger partial charge in [-0.1, -0.05) is 40.2 Å². The van der Waals surface area contributed by atoms with Crippen LogP contribution < -0.4 is 0 Å². The van der Waals surface area contributed by atoms with Crippen LogP contribution in [0, 0.1) is 0 Å². The fourth-order valence-electron chi connectivity index (χ4n) is 3.05. The lowest BCUT2D eigenvalue weighted by Crippen LogP contribution is -2.22. The summed E-state index contributed by atoms with van der Waals surface area (Å²) in [6.07, 6.45) is 2.31. The zero-order chi connectivity index (χ0) is 14.1. The fourth-order valence-corrected chi connectivity index (χ4v) is 3.46. The quantitative estimate of drug-likeness (QED) is 0.907. The van der Waals surface area contributed by atoms with E-state index in [9.17, 15) is 5.11 Å². The van der Waals surface area contributed by atoms with Crippen LogP contribution in [0.3, 0.4) is 0 Å². The summed E-state index contributed by atoms with van der Waals surface area (Å²) >= 11 is 3.47. The van der Waals surface area contributed by atoms with Crippen molar-refractivity contribution in [2.24, 2.45) is 0 Å². The van der Waals surface area contributed by atoms with E-state index in [0.717, 1.165) is 29.4 Å². The van der Waals surface area contributed by atoms with E-state index in [4.69, 9.17) is 0 Å². The summed E-state index contributed by atoms with van der Waals surface area (Å²) in [7, 11) is 2.13. The highest BCUT2D eigenvalue weighted by molar-refractivity contribution is 9.10. The minimum absolute atomic E-state index is 0.367. The van der Waals surface area contributed by atoms with E-state index < -0.39 is 0 Å². The first-order valence-electron chi connectivity index (χ1n) is 6.90. The number of nitrogens with zero attached hydrogens (tertiary/aromatic N) is 1. The summed E-state index contributed by atoms with van der Waals surface area (Å²) in [6, 6.07) is 14.7. The van der Waals surface area contributed by atoms with Gasteiger partial charge in [0.05, 0.1) is 0 Å². The second-order valence-corrected chi connectivity index (χ2v) is 6.36. The molecule has 0 saturated carbocycles. The molecular weight excluding hydrogens is 314 g/mol. The molecule has 0 amide bonds. The van der Waals surface area contributed by atoms with Crippen LogP contribution in [0.1, 0.15) is 29.2 Å². The van der Waals surface area contributed by atoms with E-state index in [2.05, 4.69) is 52.1 Å². The van der Waals surface area contributed by atoms with Crippen LogP contribution in [0.5, 0.6) is 5.75 Å². The predicted octanol–water partition coefficient (Wildman–Crippen LogP) is 4.27. The van der Waals surface area contributed by atoms with E-state index in [-0.39, 0.29) is 0 Å². The predicted molar refractivity (Wildman–Crippen MR) is 84.8 cm³/mol. The van der Waals surface area contributed by atoms with Crippen molar-refractivity contribution in [3.8, 4) is 5.75 Å². The molecule has 2 aromatic rings. The summed E-state index contributed by atoms with van der Waals surface area (Å²) in [6.45, 7) is 0.754. The zero-order valence-electron chi connectivity index (χ0n) is 11.5. The first-order chi connectivity index (χ1) is 9.65. The molecule has 20 heavy (non-hydrogen) atoms. The van der Waals surface area contributed by atoms with Crippen molar-refractivity contribution in [3.05, 3.63) is 63.6 Å². The molecule has 0 saturated heterocycles. The number of phenols is 1. The summed E-state index contributed by atoms with van der Waals surface area (Å²) in [5.74, 6) is 0.367. The van der Waals surface area contributed by atoms with Crippen LogP contribution in [-0.2, 0) is 13.0 Å². The molecule has 1 atom stereocenters. The van der Waals surface area contributed by atoms with E-state index >= 15 is 0 Å². The van der Waals surface area contributed by atoms with Crippen molar-refractivity contribution in [1.29, 1.82) is 0 Å². The number of halogens is 1. The average Bonchev–Trinajstić information content (AvgIpc) is 2.87. The Balaban J connectivity index is 1.81. The first-order valence-corrected chi connectivity index (χ1v) is 7.70. The molecule has 104 valence electrons. The van der Waals surface area contributed by atoms with E-state index in [0.29, 0.717) is 11.8 Å². The molecule has 1 N–H and O–H groups in total. The van der Waals surface area contributed by atoms with Gasteiger partial charge in [0.2, 0.25) is 0 Å². The minimum Gasteiger partial charge on any atom is -0.508 e. The molecule has 0 aliphatic heterocycles.